The monoisotopic (exact) mass is 449 g/mol. The van der Waals surface area contributed by atoms with Crippen LogP contribution in [-0.4, -0.2) is 47.5 Å². The summed E-state index contributed by atoms with van der Waals surface area (Å²) in [6.45, 7) is 0. The second kappa shape index (κ2) is 8.28. The first kappa shape index (κ1) is 21.5. The molecule has 0 amide bonds. The van der Waals surface area contributed by atoms with E-state index in [2.05, 4.69) is 14.9 Å². The van der Waals surface area contributed by atoms with Gasteiger partial charge in [0.15, 0.2) is 14.9 Å². The van der Waals surface area contributed by atoms with Gasteiger partial charge in [-0.05, 0) is 36.4 Å². The zero-order valence-electron chi connectivity index (χ0n) is 16.4. The largest absolute Gasteiger partial charge is 0.497 e. The van der Waals surface area contributed by atoms with Gasteiger partial charge in [0.2, 0.25) is 0 Å². The number of nitrogens with zero attached hydrogens (tertiary/aromatic N) is 2. The Morgan fingerprint density at radius 3 is 2.07 bits per heavy atom. The highest BCUT2D eigenvalue weighted by molar-refractivity contribution is 7.92. The SMILES string of the molecule is COc1ccc(OC)c(S(=O)(=O)Nc2ccc(-c3ccc(S(C)(=O)=O)nn3)cc2)c1. The van der Waals surface area contributed by atoms with Gasteiger partial charge < -0.3 is 9.47 Å². The van der Waals surface area contributed by atoms with E-state index in [0.29, 0.717) is 22.7 Å². The van der Waals surface area contributed by atoms with Crippen molar-refractivity contribution in [2.24, 2.45) is 0 Å². The number of anilines is 1. The van der Waals surface area contributed by atoms with Crippen molar-refractivity contribution in [3.05, 3.63) is 54.6 Å². The molecule has 3 aromatic rings. The Kier molecular flexibility index (Phi) is 5.94. The first-order valence-corrected chi connectivity index (χ1v) is 11.9. The molecule has 1 aromatic heterocycles. The van der Waals surface area contributed by atoms with Crippen LogP contribution in [0.3, 0.4) is 0 Å². The van der Waals surface area contributed by atoms with Crippen LogP contribution in [0.2, 0.25) is 0 Å². The van der Waals surface area contributed by atoms with Gasteiger partial charge in [0.1, 0.15) is 16.4 Å². The van der Waals surface area contributed by atoms with Crippen molar-refractivity contribution in [2.45, 2.75) is 9.92 Å². The van der Waals surface area contributed by atoms with E-state index in [0.717, 1.165) is 6.26 Å². The van der Waals surface area contributed by atoms with Crippen molar-refractivity contribution < 1.29 is 26.3 Å². The fraction of sp³-hybridized carbons (Fsp3) is 0.158. The van der Waals surface area contributed by atoms with E-state index in [4.69, 9.17) is 9.47 Å². The molecule has 0 unspecified atom stereocenters. The van der Waals surface area contributed by atoms with Crippen molar-refractivity contribution in [1.29, 1.82) is 0 Å². The molecule has 0 aliphatic heterocycles. The van der Waals surface area contributed by atoms with E-state index in [-0.39, 0.29) is 15.7 Å². The maximum absolute atomic E-state index is 12.8. The molecule has 11 heteroatoms. The van der Waals surface area contributed by atoms with Crippen LogP contribution in [0, 0.1) is 0 Å². The lowest BCUT2D eigenvalue weighted by molar-refractivity contribution is 0.392. The van der Waals surface area contributed by atoms with Crippen LogP contribution >= 0.6 is 0 Å². The normalized spacial score (nSPS) is 11.7. The number of rotatable bonds is 7. The van der Waals surface area contributed by atoms with Gasteiger partial charge in [0, 0.05) is 23.6 Å². The van der Waals surface area contributed by atoms with E-state index in [1.807, 2.05) is 0 Å². The second-order valence-corrected chi connectivity index (χ2v) is 9.84. The van der Waals surface area contributed by atoms with Crippen LogP contribution in [0.1, 0.15) is 0 Å². The average Bonchev–Trinajstić information content (AvgIpc) is 2.73. The van der Waals surface area contributed by atoms with Crippen molar-refractivity contribution >= 4 is 25.5 Å². The van der Waals surface area contributed by atoms with Crippen LogP contribution in [0.25, 0.3) is 11.3 Å². The first-order chi connectivity index (χ1) is 14.1. The molecule has 0 bridgehead atoms. The summed E-state index contributed by atoms with van der Waals surface area (Å²) in [7, 11) is -4.55. The predicted octanol–water partition coefficient (Wildman–Crippen LogP) is 2.37. The number of methoxy groups -OCH3 is 2. The molecule has 1 N–H and O–H groups in total. The number of hydrogen-bond acceptors (Lipinski definition) is 8. The molecule has 30 heavy (non-hydrogen) atoms. The third-order valence-corrected chi connectivity index (χ3v) is 6.49. The zero-order valence-corrected chi connectivity index (χ0v) is 18.0. The summed E-state index contributed by atoms with van der Waals surface area (Å²) in [5, 5.41) is 7.50. The Morgan fingerprint density at radius 2 is 1.53 bits per heavy atom. The van der Waals surface area contributed by atoms with Gasteiger partial charge in [-0.15, -0.1) is 10.2 Å². The highest BCUT2D eigenvalue weighted by Gasteiger charge is 2.21. The highest BCUT2D eigenvalue weighted by atomic mass is 32.2. The molecule has 0 saturated carbocycles. The number of nitrogens with one attached hydrogen (secondary N) is 1. The van der Waals surface area contributed by atoms with Crippen molar-refractivity contribution in [3.8, 4) is 22.8 Å². The third kappa shape index (κ3) is 4.69. The molecular formula is C19H19N3O6S2. The van der Waals surface area contributed by atoms with Gasteiger partial charge in [-0.3, -0.25) is 4.72 Å². The summed E-state index contributed by atoms with van der Waals surface area (Å²) in [4.78, 5) is -0.0596. The molecule has 0 radical (unpaired) electrons. The molecule has 2 aromatic carbocycles. The zero-order chi connectivity index (χ0) is 21.9. The predicted molar refractivity (Wildman–Crippen MR) is 111 cm³/mol. The van der Waals surface area contributed by atoms with Gasteiger partial charge in [-0.1, -0.05) is 12.1 Å². The molecule has 0 atom stereocenters. The molecule has 0 saturated heterocycles. The molecule has 0 spiro atoms. The topological polar surface area (TPSA) is 125 Å². The lowest BCUT2D eigenvalue weighted by Crippen LogP contribution is -2.14. The Balaban J connectivity index is 1.85. The van der Waals surface area contributed by atoms with E-state index in [9.17, 15) is 16.8 Å². The maximum Gasteiger partial charge on any atom is 0.265 e. The molecule has 158 valence electrons. The average molecular weight is 450 g/mol. The first-order valence-electron chi connectivity index (χ1n) is 8.53. The van der Waals surface area contributed by atoms with Crippen molar-refractivity contribution in [1.82, 2.24) is 10.2 Å². The molecule has 9 nitrogen and oxygen atoms in total. The summed E-state index contributed by atoms with van der Waals surface area (Å²) < 4.78 is 61.3. The summed E-state index contributed by atoms with van der Waals surface area (Å²) in [6, 6.07) is 13.8. The molecule has 3 rings (SSSR count). The van der Waals surface area contributed by atoms with Crippen LogP contribution < -0.4 is 14.2 Å². The van der Waals surface area contributed by atoms with Gasteiger partial charge in [-0.25, -0.2) is 16.8 Å². The number of sulfone groups is 1. The van der Waals surface area contributed by atoms with E-state index >= 15 is 0 Å². The van der Waals surface area contributed by atoms with Gasteiger partial charge >= 0.3 is 0 Å². The Labute approximate surface area is 174 Å². The fourth-order valence-electron chi connectivity index (χ4n) is 2.58. The second-order valence-electron chi connectivity index (χ2n) is 6.23. The van der Waals surface area contributed by atoms with E-state index in [1.54, 1.807) is 30.3 Å². The number of aromatic nitrogens is 2. The Bertz CT molecular complexity index is 1260. The van der Waals surface area contributed by atoms with Crippen molar-refractivity contribution in [3.63, 3.8) is 0 Å². The molecule has 0 aliphatic carbocycles. The molecule has 0 fully saturated rings. The summed E-state index contributed by atoms with van der Waals surface area (Å²) >= 11 is 0. The van der Waals surface area contributed by atoms with E-state index in [1.165, 1.54) is 38.5 Å². The third-order valence-electron chi connectivity index (χ3n) is 4.11. The summed E-state index contributed by atoms with van der Waals surface area (Å²) in [5.41, 5.74) is 1.42. The number of hydrogen-bond donors (Lipinski definition) is 1. The van der Waals surface area contributed by atoms with Crippen LogP contribution in [0.15, 0.2) is 64.5 Å². The Hall–Kier alpha value is -3.18. The molecule has 1 heterocycles. The van der Waals surface area contributed by atoms with Crippen LogP contribution in [-0.2, 0) is 19.9 Å². The lowest BCUT2D eigenvalue weighted by atomic mass is 10.1. The van der Waals surface area contributed by atoms with Gasteiger partial charge in [0.05, 0.1) is 19.9 Å². The lowest BCUT2D eigenvalue weighted by Gasteiger charge is -2.13. The van der Waals surface area contributed by atoms with Gasteiger partial charge in [-0.2, -0.15) is 0 Å². The molecule has 0 aliphatic rings. The standard InChI is InChI=1S/C19H19N3O6S2/c1-27-15-8-10-17(28-2)18(12-15)30(25,26)22-14-6-4-13(5-7-14)16-9-11-19(21-20-16)29(3,23)24/h4-12,22H,1-3H3. The minimum Gasteiger partial charge on any atom is -0.497 e. The maximum atomic E-state index is 12.8. The minimum atomic E-state index is -3.94. The summed E-state index contributed by atoms with van der Waals surface area (Å²) in [6.07, 6.45) is 1.05. The van der Waals surface area contributed by atoms with Crippen molar-refractivity contribution in [2.75, 3.05) is 25.2 Å². The summed E-state index contributed by atoms with van der Waals surface area (Å²) in [5.74, 6) is 0.559. The van der Waals surface area contributed by atoms with Crippen LogP contribution in [0.5, 0.6) is 11.5 Å². The molecular weight excluding hydrogens is 430 g/mol. The smallest absolute Gasteiger partial charge is 0.265 e. The number of ether oxygens (including phenoxy) is 2. The van der Waals surface area contributed by atoms with Gasteiger partial charge in [0.25, 0.3) is 10.0 Å². The minimum absolute atomic E-state index is 0.0596. The van der Waals surface area contributed by atoms with Crippen LogP contribution in [0.4, 0.5) is 5.69 Å². The quantitative estimate of drug-likeness (QED) is 0.583. The van der Waals surface area contributed by atoms with E-state index < -0.39 is 19.9 Å². The number of benzene rings is 2. The number of sulfonamides is 1. The fourth-order valence-corrected chi connectivity index (χ4v) is 4.33. The highest BCUT2D eigenvalue weighted by Crippen LogP contribution is 2.30. The Morgan fingerprint density at radius 1 is 0.833 bits per heavy atom.